The van der Waals surface area contributed by atoms with E-state index in [1.807, 2.05) is 6.21 Å². The molecule has 4 rings (SSSR count). The highest BCUT2D eigenvalue weighted by atomic mass is 35.5. The Morgan fingerprint density at radius 1 is 1.34 bits per heavy atom. The predicted molar refractivity (Wildman–Crippen MR) is 111 cm³/mol. The van der Waals surface area contributed by atoms with Gasteiger partial charge in [-0.1, -0.05) is 11.6 Å². The standard InChI is InChI=1S/C20H27ClN5O3/c1-4-15(14-8-5-9-24(14)2)29-18-16-17(22-19(21)23-18)26(20(27)25(16)3)11-13-7-6-10-28-12-13/h4,11,13-15H,1,5-10,12H2,2-3H3/q+1/b26-11-/t13?,14-,15-/m0/s1. The number of urea groups is 1. The van der Waals surface area contributed by atoms with Crippen molar-refractivity contribution >= 4 is 35.4 Å². The Balaban J connectivity index is 1.69. The van der Waals surface area contributed by atoms with Crippen molar-refractivity contribution in [2.24, 2.45) is 5.92 Å². The van der Waals surface area contributed by atoms with E-state index in [0.29, 0.717) is 24.0 Å². The Labute approximate surface area is 175 Å². The second kappa shape index (κ2) is 8.38. The zero-order chi connectivity index (χ0) is 20.5. The minimum Gasteiger partial charge on any atom is -0.466 e. The van der Waals surface area contributed by atoms with Gasteiger partial charge in [0.2, 0.25) is 5.69 Å². The van der Waals surface area contributed by atoms with Crippen molar-refractivity contribution in [2.75, 3.05) is 38.8 Å². The lowest BCUT2D eigenvalue weighted by atomic mass is 10.0. The van der Waals surface area contributed by atoms with Gasteiger partial charge in [0.05, 0.1) is 25.9 Å². The van der Waals surface area contributed by atoms with Gasteiger partial charge < -0.3 is 9.47 Å². The van der Waals surface area contributed by atoms with Gasteiger partial charge in [0.1, 0.15) is 6.10 Å². The van der Waals surface area contributed by atoms with Crippen LogP contribution in [0, 0.1) is 5.92 Å². The molecule has 8 nitrogen and oxygen atoms in total. The Hall–Kier alpha value is -2.03. The van der Waals surface area contributed by atoms with Gasteiger partial charge in [0.25, 0.3) is 5.88 Å². The number of rotatable bonds is 5. The first-order chi connectivity index (χ1) is 14.0. The highest BCUT2D eigenvalue weighted by Crippen LogP contribution is 2.41. The Bertz CT molecular complexity index is 840. The number of hydrogen-bond donors (Lipinski definition) is 0. The van der Waals surface area contributed by atoms with E-state index in [0.717, 1.165) is 38.8 Å². The molecule has 2 amide bonds. The topological polar surface area (TPSA) is 70.8 Å². The normalized spacial score (nSPS) is 27.3. The van der Waals surface area contributed by atoms with Crippen molar-refractivity contribution < 1.29 is 18.8 Å². The fourth-order valence-electron chi connectivity index (χ4n) is 4.28. The van der Waals surface area contributed by atoms with E-state index in [4.69, 9.17) is 21.1 Å². The van der Waals surface area contributed by atoms with Crippen LogP contribution in [-0.2, 0) is 4.74 Å². The number of carbonyl (C=O) groups excluding carboxylic acids is 1. The lowest BCUT2D eigenvalue weighted by Crippen LogP contribution is -2.39. The molecule has 0 saturated carbocycles. The summed E-state index contributed by atoms with van der Waals surface area (Å²) in [6.45, 7) is 6.32. The predicted octanol–water partition coefficient (Wildman–Crippen LogP) is 2.87. The maximum atomic E-state index is 12.9. The Morgan fingerprint density at radius 2 is 2.17 bits per heavy atom. The molecule has 0 aliphatic carbocycles. The third kappa shape index (κ3) is 3.89. The lowest BCUT2D eigenvalue weighted by Gasteiger charge is -2.27. The van der Waals surface area contributed by atoms with Crippen molar-refractivity contribution in [2.45, 2.75) is 37.8 Å². The number of anilines is 1. The summed E-state index contributed by atoms with van der Waals surface area (Å²) in [5.74, 6) is 0.899. The third-order valence-corrected chi connectivity index (χ3v) is 6.02. The Morgan fingerprint density at radius 3 is 2.83 bits per heavy atom. The third-order valence-electron chi connectivity index (χ3n) is 5.85. The summed E-state index contributed by atoms with van der Waals surface area (Å²) in [4.78, 5) is 25.4. The molecule has 9 heteroatoms. The molecule has 29 heavy (non-hydrogen) atoms. The average molecular weight is 421 g/mol. The van der Waals surface area contributed by atoms with Crippen LogP contribution in [0.2, 0.25) is 5.28 Å². The molecule has 0 bridgehead atoms. The number of halogens is 1. The molecule has 0 spiro atoms. The van der Waals surface area contributed by atoms with Gasteiger partial charge >= 0.3 is 17.1 Å². The molecule has 1 unspecified atom stereocenters. The summed E-state index contributed by atoms with van der Waals surface area (Å²) in [6, 6.07) is 0.00137. The minimum absolute atomic E-state index is 0.0442. The van der Waals surface area contributed by atoms with E-state index in [2.05, 4.69) is 28.5 Å². The van der Waals surface area contributed by atoms with Crippen LogP contribution in [0.5, 0.6) is 5.88 Å². The van der Waals surface area contributed by atoms with Gasteiger partial charge in [-0.05, 0) is 57.0 Å². The highest BCUT2D eigenvalue weighted by Gasteiger charge is 2.44. The molecule has 3 atom stereocenters. The smallest absolute Gasteiger partial charge is 0.448 e. The average Bonchev–Trinajstić information content (AvgIpc) is 3.24. The van der Waals surface area contributed by atoms with Crippen LogP contribution < -0.4 is 9.64 Å². The van der Waals surface area contributed by atoms with Crippen LogP contribution in [-0.4, -0.2) is 77.7 Å². The van der Waals surface area contributed by atoms with Gasteiger partial charge in [0, 0.05) is 12.5 Å². The van der Waals surface area contributed by atoms with Gasteiger partial charge in [-0.2, -0.15) is 9.56 Å². The van der Waals surface area contributed by atoms with Crippen molar-refractivity contribution in [3.05, 3.63) is 17.9 Å². The van der Waals surface area contributed by atoms with E-state index >= 15 is 0 Å². The molecule has 2 fully saturated rings. The van der Waals surface area contributed by atoms with Crippen molar-refractivity contribution in [3.8, 4) is 5.88 Å². The second-order valence-electron chi connectivity index (χ2n) is 7.82. The molecule has 3 aliphatic heterocycles. The minimum atomic E-state index is -0.258. The molecule has 0 radical (unpaired) electrons. The first-order valence-corrected chi connectivity index (χ1v) is 10.4. The SMILES string of the molecule is C=C[C@H](Oc1nc(Cl)nc2c1N(C)C(=O)/[N+]2=C\C1CCCOC1)[C@@H]1CCCN1C. The van der Waals surface area contributed by atoms with E-state index in [1.54, 1.807) is 17.7 Å². The monoisotopic (exact) mass is 420 g/mol. The van der Waals surface area contributed by atoms with Crippen LogP contribution in [0.15, 0.2) is 12.7 Å². The first-order valence-electron chi connectivity index (χ1n) is 10.1. The zero-order valence-corrected chi connectivity index (χ0v) is 17.6. The number of hydrogen-bond acceptors (Lipinski definition) is 6. The first kappa shape index (κ1) is 20.3. The molecular formula is C20H27ClN5O3+. The lowest BCUT2D eigenvalue weighted by molar-refractivity contribution is -0.324. The summed E-state index contributed by atoms with van der Waals surface area (Å²) < 4.78 is 13.3. The van der Waals surface area contributed by atoms with E-state index in [9.17, 15) is 4.79 Å². The van der Waals surface area contributed by atoms with Gasteiger partial charge in [-0.15, -0.1) is 0 Å². The molecule has 0 aromatic carbocycles. The maximum Gasteiger partial charge on any atom is 0.448 e. The van der Waals surface area contributed by atoms with Crippen LogP contribution in [0.3, 0.4) is 0 Å². The number of amides is 2. The zero-order valence-electron chi connectivity index (χ0n) is 16.9. The highest BCUT2D eigenvalue weighted by molar-refractivity contribution is 6.28. The molecule has 3 aliphatic rings. The van der Waals surface area contributed by atoms with Crippen LogP contribution in [0.4, 0.5) is 16.3 Å². The summed E-state index contributed by atoms with van der Waals surface area (Å²) in [7, 11) is 3.77. The number of likely N-dealkylation sites (N-methyl/N-ethyl adjacent to an activating group) is 1. The van der Waals surface area contributed by atoms with Gasteiger partial charge in [0.15, 0.2) is 0 Å². The summed E-state index contributed by atoms with van der Waals surface area (Å²) >= 11 is 6.21. The second-order valence-corrected chi connectivity index (χ2v) is 8.15. The molecule has 0 N–H and O–H groups in total. The van der Waals surface area contributed by atoms with Crippen LogP contribution in [0.1, 0.15) is 25.7 Å². The molecule has 2 saturated heterocycles. The number of likely N-dealkylation sites (tertiary alicyclic amines) is 1. The molecule has 1 aromatic heterocycles. The van der Waals surface area contributed by atoms with E-state index in [1.165, 1.54) is 4.90 Å². The molecule has 1 aromatic rings. The number of nitrogens with zero attached hydrogens (tertiary/aromatic N) is 5. The van der Waals surface area contributed by atoms with Crippen molar-refractivity contribution in [1.82, 2.24) is 14.9 Å². The van der Waals surface area contributed by atoms with Crippen molar-refractivity contribution in [1.29, 1.82) is 0 Å². The largest absolute Gasteiger partial charge is 0.466 e. The summed E-state index contributed by atoms with van der Waals surface area (Å²) in [6.07, 6.45) is 7.48. The summed E-state index contributed by atoms with van der Waals surface area (Å²) in [5.41, 5.74) is 0.528. The quantitative estimate of drug-likeness (QED) is 0.414. The number of aromatic nitrogens is 2. The van der Waals surface area contributed by atoms with Crippen molar-refractivity contribution in [3.63, 3.8) is 0 Å². The summed E-state index contributed by atoms with van der Waals surface area (Å²) in [5, 5.41) is 0.0442. The van der Waals surface area contributed by atoms with E-state index < -0.39 is 0 Å². The number of fused-ring (bicyclic) bond motifs is 1. The van der Waals surface area contributed by atoms with Crippen LogP contribution >= 0.6 is 11.6 Å². The van der Waals surface area contributed by atoms with Gasteiger partial charge in [-0.25, -0.2) is 9.69 Å². The number of carbonyl (C=O) groups is 1. The fourth-order valence-corrected chi connectivity index (χ4v) is 4.44. The molecule has 4 heterocycles. The maximum absolute atomic E-state index is 12.9. The fraction of sp³-hybridized carbons (Fsp3) is 0.600. The number of ether oxygens (including phenoxy) is 2. The Kier molecular flexibility index (Phi) is 5.85. The molecular weight excluding hydrogens is 394 g/mol. The van der Waals surface area contributed by atoms with Crippen LogP contribution in [0.25, 0.3) is 0 Å². The van der Waals surface area contributed by atoms with E-state index in [-0.39, 0.29) is 29.4 Å². The van der Waals surface area contributed by atoms with Gasteiger partial charge in [-0.3, -0.25) is 4.90 Å². The molecule has 156 valence electrons.